The van der Waals surface area contributed by atoms with Crippen LogP contribution in [-0.2, 0) is 11.3 Å². The highest BCUT2D eigenvalue weighted by atomic mass is 16.2. The third-order valence-electron chi connectivity index (χ3n) is 2.71. The van der Waals surface area contributed by atoms with Gasteiger partial charge in [-0.1, -0.05) is 6.07 Å². The molecule has 6 nitrogen and oxygen atoms in total. The minimum absolute atomic E-state index is 0.00986. The molecule has 2 heterocycles. The Labute approximate surface area is 105 Å². The van der Waals surface area contributed by atoms with Crippen LogP contribution in [0.3, 0.4) is 0 Å². The number of aromatic nitrogens is 4. The Balaban J connectivity index is 2.01. The van der Waals surface area contributed by atoms with E-state index in [9.17, 15) is 4.79 Å². The van der Waals surface area contributed by atoms with Crippen LogP contribution in [0.5, 0.6) is 0 Å². The molecular formula is C12H15N5O. The summed E-state index contributed by atoms with van der Waals surface area (Å²) in [5.74, 6) is -0.00986. The summed E-state index contributed by atoms with van der Waals surface area (Å²) in [4.78, 5) is 21.7. The van der Waals surface area contributed by atoms with Gasteiger partial charge in [-0.2, -0.15) is 5.10 Å². The molecule has 0 aromatic carbocycles. The van der Waals surface area contributed by atoms with E-state index in [0.29, 0.717) is 6.54 Å². The zero-order valence-electron chi connectivity index (χ0n) is 10.4. The minimum Gasteiger partial charge on any atom is -0.340 e. The predicted octanol–water partition coefficient (Wildman–Crippen LogP) is 0.893. The average molecular weight is 245 g/mol. The van der Waals surface area contributed by atoms with Gasteiger partial charge in [-0.25, -0.2) is 9.67 Å². The van der Waals surface area contributed by atoms with Crippen molar-refractivity contribution in [1.29, 1.82) is 0 Å². The van der Waals surface area contributed by atoms with Crippen LogP contribution in [0.1, 0.15) is 18.5 Å². The highest BCUT2D eigenvalue weighted by molar-refractivity contribution is 5.79. The van der Waals surface area contributed by atoms with Crippen LogP contribution in [0.25, 0.3) is 0 Å². The van der Waals surface area contributed by atoms with Gasteiger partial charge >= 0.3 is 0 Å². The van der Waals surface area contributed by atoms with E-state index >= 15 is 0 Å². The number of hydrogen-bond acceptors (Lipinski definition) is 4. The van der Waals surface area contributed by atoms with E-state index < -0.39 is 0 Å². The SMILES string of the molecule is C[C@H](C(=O)N(C)Cc1cccnc1)n1cncn1. The molecule has 94 valence electrons. The molecule has 1 amide bonds. The lowest BCUT2D eigenvalue weighted by atomic mass is 10.2. The van der Waals surface area contributed by atoms with E-state index in [0.717, 1.165) is 5.56 Å². The Morgan fingerprint density at radius 2 is 2.33 bits per heavy atom. The molecular weight excluding hydrogens is 230 g/mol. The maximum absolute atomic E-state index is 12.2. The second kappa shape index (κ2) is 5.39. The Kier molecular flexibility index (Phi) is 3.66. The fraction of sp³-hybridized carbons (Fsp3) is 0.333. The van der Waals surface area contributed by atoms with Gasteiger partial charge in [0.05, 0.1) is 0 Å². The number of likely N-dealkylation sites (N-methyl/N-ethyl adjacent to an activating group) is 1. The Morgan fingerprint density at radius 1 is 1.50 bits per heavy atom. The van der Waals surface area contributed by atoms with Crippen LogP contribution >= 0.6 is 0 Å². The van der Waals surface area contributed by atoms with Crippen LogP contribution in [0.4, 0.5) is 0 Å². The van der Waals surface area contributed by atoms with Gasteiger partial charge in [-0.15, -0.1) is 0 Å². The quantitative estimate of drug-likeness (QED) is 0.802. The Hall–Kier alpha value is -2.24. The van der Waals surface area contributed by atoms with E-state index in [2.05, 4.69) is 15.1 Å². The second-order valence-electron chi connectivity index (χ2n) is 4.11. The van der Waals surface area contributed by atoms with Crippen molar-refractivity contribution in [2.24, 2.45) is 0 Å². The zero-order chi connectivity index (χ0) is 13.0. The molecule has 0 N–H and O–H groups in total. The van der Waals surface area contributed by atoms with Crippen LogP contribution in [0.2, 0.25) is 0 Å². The summed E-state index contributed by atoms with van der Waals surface area (Å²) in [6.45, 7) is 2.34. The molecule has 0 saturated carbocycles. The highest BCUT2D eigenvalue weighted by Gasteiger charge is 2.19. The average Bonchev–Trinajstić information content (AvgIpc) is 2.92. The summed E-state index contributed by atoms with van der Waals surface area (Å²) >= 11 is 0. The van der Waals surface area contributed by atoms with Crippen molar-refractivity contribution in [2.45, 2.75) is 19.5 Å². The summed E-state index contributed by atoms with van der Waals surface area (Å²) in [7, 11) is 1.77. The number of hydrogen-bond donors (Lipinski definition) is 0. The van der Waals surface area contributed by atoms with Crippen molar-refractivity contribution < 1.29 is 4.79 Å². The molecule has 1 atom stereocenters. The molecule has 0 spiro atoms. The summed E-state index contributed by atoms with van der Waals surface area (Å²) in [5.41, 5.74) is 0.999. The molecule has 2 aromatic rings. The van der Waals surface area contributed by atoms with E-state index in [1.54, 1.807) is 42.3 Å². The van der Waals surface area contributed by atoms with E-state index in [4.69, 9.17) is 0 Å². The van der Waals surface area contributed by atoms with Gasteiger partial charge in [0.2, 0.25) is 5.91 Å². The molecule has 0 aliphatic heterocycles. The van der Waals surface area contributed by atoms with E-state index in [1.807, 2.05) is 12.1 Å². The largest absolute Gasteiger partial charge is 0.340 e. The first-order valence-electron chi connectivity index (χ1n) is 5.66. The minimum atomic E-state index is -0.353. The van der Waals surface area contributed by atoms with Crippen LogP contribution < -0.4 is 0 Å². The number of nitrogens with zero attached hydrogens (tertiary/aromatic N) is 5. The number of carbonyl (C=O) groups is 1. The van der Waals surface area contributed by atoms with Crippen LogP contribution in [0.15, 0.2) is 37.2 Å². The number of pyridine rings is 1. The van der Waals surface area contributed by atoms with Crippen molar-refractivity contribution in [3.8, 4) is 0 Å². The fourth-order valence-corrected chi connectivity index (χ4v) is 1.69. The maximum Gasteiger partial charge on any atom is 0.247 e. The molecule has 0 bridgehead atoms. The van der Waals surface area contributed by atoms with Gasteiger partial charge in [0.15, 0.2) is 0 Å². The van der Waals surface area contributed by atoms with E-state index in [-0.39, 0.29) is 11.9 Å². The molecule has 0 aliphatic rings. The molecule has 0 unspecified atom stereocenters. The normalized spacial score (nSPS) is 12.1. The standard InChI is InChI=1S/C12H15N5O/c1-10(17-9-14-8-15-17)12(18)16(2)7-11-4-3-5-13-6-11/h3-6,8-10H,7H2,1-2H3/t10-/m1/s1. The molecule has 18 heavy (non-hydrogen) atoms. The number of carbonyl (C=O) groups excluding carboxylic acids is 1. The number of rotatable bonds is 4. The Morgan fingerprint density at radius 3 is 2.94 bits per heavy atom. The smallest absolute Gasteiger partial charge is 0.247 e. The van der Waals surface area contributed by atoms with Crippen molar-refractivity contribution in [1.82, 2.24) is 24.6 Å². The summed E-state index contributed by atoms with van der Waals surface area (Å²) < 4.78 is 1.54. The maximum atomic E-state index is 12.2. The van der Waals surface area contributed by atoms with Gasteiger partial charge < -0.3 is 4.90 Å². The lowest BCUT2D eigenvalue weighted by molar-refractivity contribution is -0.133. The first-order chi connectivity index (χ1) is 8.68. The molecule has 0 radical (unpaired) electrons. The van der Waals surface area contributed by atoms with Crippen molar-refractivity contribution >= 4 is 5.91 Å². The topological polar surface area (TPSA) is 63.9 Å². The van der Waals surface area contributed by atoms with Gasteiger partial charge in [-0.05, 0) is 18.6 Å². The van der Waals surface area contributed by atoms with Gasteiger partial charge in [0.1, 0.15) is 18.7 Å². The fourth-order valence-electron chi connectivity index (χ4n) is 1.69. The molecule has 6 heteroatoms. The Bertz CT molecular complexity index is 496. The molecule has 0 fully saturated rings. The van der Waals surface area contributed by atoms with Crippen LogP contribution in [0, 0.1) is 0 Å². The summed E-state index contributed by atoms with van der Waals surface area (Å²) in [6.07, 6.45) is 6.43. The lowest BCUT2D eigenvalue weighted by Gasteiger charge is -2.21. The monoisotopic (exact) mass is 245 g/mol. The highest BCUT2D eigenvalue weighted by Crippen LogP contribution is 2.09. The molecule has 0 aliphatic carbocycles. The zero-order valence-corrected chi connectivity index (χ0v) is 10.4. The predicted molar refractivity (Wildman–Crippen MR) is 65.4 cm³/mol. The van der Waals surface area contributed by atoms with Gasteiger partial charge in [0.25, 0.3) is 0 Å². The van der Waals surface area contributed by atoms with Crippen molar-refractivity contribution in [2.75, 3.05) is 7.05 Å². The first-order valence-corrected chi connectivity index (χ1v) is 5.66. The molecule has 2 rings (SSSR count). The van der Waals surface area contributed by atoms with Gasteiger partial charge in [0, 0.05) is 26.0 Å². The summed E-state index contributed by atoms with van der Waals surface area (Å²) in [6, 6.07) is 3.44. The second-order valence-corrected chi connectivity index (χ2v) is 4.11. The first kappa shape index (κ1) is 12.2. The summed E-state index contributed by atoms with van der Waals surface area (Å²) in [5, 5.41) is 3.97. The molecule has 2 aromatic heterocycles. The van der Waals surface area contributed by atoms with Gasteiger partial charge in [-0.3, -0.25) is 9.78 Å². The van der Waals surface area contributed by atoms with Crippen molar-refractivity contribution in [3.05, 3.63) is 42.7 Å². The third kappa shape index (κ3) is 2.71. The van der Waals surface area contributed by atoms with E-state index in [1.165, 1.54) is 6.33 Å². The third-order valence-corrected chi connectivity index (χ3v) is 2.71. The van der Waals surface area contributed by atoms with Crippen LogP contribution in [-0.4, -0.2) is 37.6 Å². The lowest BCUT2D eigenvalue weighted by Crippen LogP contribution is -2.33. The van der Waals surface area contributed by atoms with Crippen molar-refractivity contribution in [3.63, 3.8) is 0 Å². The number of amides is 1. The molecule has 0 saturated heterocycles.